The van der Waals surface area contributed by atoms with Gasteiger partial charge in [-0.3, -0.25) is 9.59 Å². The van der Waals surface area contributed by atoms with Gasteiger partial charge in [-0.2, -0.15) is 0 Å². The summed E-state index contributed by atoms with van der Waals surface area (Å²) >= 11 is 0. The molecule has 0 heterocycles. The average Bonchev–Trinajstić information content (AvgIpc) is 2.49. The monoisotopic (exact) mass is 305 g/mol. The molecule has 0 aromatic heterocycles. The summed E-state index contributed by atoms with van der Waals surface area (Å²) in [6.45, 7) is -0.145. The Morgan fingerprint density at radius 3 is 2.23 bits per heavy atom. The molecule has 4 nitrogen and oxygen atoms in total. The standard InChI is InChI=1S/C16H13F2NO3/c17-11-5-7-12(8-6-11)19(10-9-15(20)21)16(22)13-3-1-2-4-14(13)18/h1-8H,9-10H2,(H,20,21). The van der Waals surface area contributed by atoms with E-state index in [1.54, 1.807) is 0 Å². The van der Waals surface area contributed by atoms with Crippen molar-refractivity contribution in [3.8, 4) is 0 Å². The Labute approximate surface area is 125 Å². The molecule has 0 radical (unpaired) electrons. The molecule has 2 aromatic rings. The number of benzene rings is 2. The maximum Gasteiger partial charge on any atom is 0.305 e. The number of carbonyl (C=O) groups excluding carboxylic acids is 1. The minimum Gasteiger partial charge on any atom is -0.481 e. The first-order valence-electron chi connectivity index (χ1n) is 6.53. The second-order valence-electron chi connectivity index (χ2n) is 4.56. The molecule has 0 saturated carbocycles. The van der Waals surface area contributed by atoms with E-state index in [9.17, 15) is 18.4 Å². The quantitative estimate of drug-likeness (QED) is 0.923. The van der Waals surface area contributed by atoms with Crippen LogP contribution in [0.3, 0.4) is 0 Å². The molecule has 6 heteroatoms. The van der Waals surface area contributed by atoms with Crippen molar-refractivity contribution in [1.82, 2.24) is 0 Å². The lowest BCUT2D eigenvalue weighted by Crippen LogP contribution is -2.33. The van der Waals surface area contributed by atoms with Gasteiger partial charge in [-0.05, 0) is 36.4 Å². The number of hydrogen-bond donors (Lipinski definition) is 1. The third-order valence-electron chi connectivity index (χ3n) is 3.04. The van der Waals surface area contributed by atoms with Crippen LogP contribution in [0.1, 0.15) is 16.8 Å². The summed E-state index contributed by atoms with van der Waals surface area (Å²) in [7, 11) is 0. The third-order valence-corrected chi connectivity index (χ3v) is 3.04. The van der Waals surface area contributed by atoms with Crippen LogP contribution in [0.5, 0.6) is 0 Å². The predicted octanol–water partition coefficient (Wildman–Crippen LogP) is 3.09. The van der Waals surface area contributed by atoms with Crippen LogP contribution in [0.4, 0.5) is 14.5 Å². The maximum absolute atomic E-state index is 13.8. The van der Waals surface area contributed by atoms with E-state index < -0.39 is 23.5 Å². The molecule has 22 heavy (non-hydrogen) atoms. The number of rotatable bonds is 5. The smallest absolute Gasteiger partial charge is 0.305 e. The van der Waals surface area contributed by atoms with Crippen molar-refractivity contribution in [1.29, 1.82) is 0 Å². The van der Waals surface area contributed by atoms with Gasteiger partial charge in [0.25, 0.3) is 5.91 Å². The van der Waals surface area contributed by atoms with Crippen molar-refractivity contribution in [3.63, 3.8) is 0 Å². The van der Waals surface area contributed by atoms with E-state index in [1.165, 1.54) is 30.3 Å². The van der Waals surface area contributed by atoms with Crippen molar-refractivity contribution >= 4 is 17.6 Å². The summed E-state index contributed by atoms with van der Waals surface area (Å²) in [6.07, 6.45) is -0.308. The highest BCUT2D eigenvalue weighted by molar-refractivity contribution is 6.06. The summed E-state index contributed by atoms with van der Waals surface area (Å²) < 4.78 is 26.8. The minimum atomic E-state index is -1.09. The summed E-state index contributed by atoms with van der Waals surface area (Å²) in [5.74, 6) is -2.95. The molecule has 0 fully saturated rings. The number of nitrogens with zero attached hydrogens (tertiary/aromatic N) is 1. The highest BCUT2D eigenvalue weighted by Crippen LogP contribution is 2.19. The van der Waals surface area contributed by atoms with Crippen LogP contribution in [0.15, 0.2) is 48.5 Å². The van der Waals surface area contributed by atoms with E-state index in [-0.39, 0.29) is 18.5 Å². The molecule has 0 spiro atoms. The first kappa shape index (κ1) is 15.6. The molecule has 2 aromatic carbocycles. The molecule has 1 amide bonds. The fourth-order valence-electron chi connectivity index (χ4n) is 1.96. The summed E-state index contributed by atoms with van der Waals surface area (Å²) in [6, 6.07) is 10.4. The fraction of sp³-hybridized carbons (Fsp3) is 0.125. The average molecular weight is 305 g/mol. The normalized spacial score (nSPS) is 10.3. The maximum atomic E-state index is 13.8. The number of aliphatic carboxylic acids is 1. The fourth-order valence-corrected chi connectivity index (χ4v) is 1.96. The Bertz CT molecular complexity index is 686. The van der Waals surface area contributed by atoms with Crippen LogP contribution in [0.25, 0.3) is 0 Å². The molecule has 0 aliphatic rings. The van der Waals surface area contributed by atoms with E-state index in [0.717, 1.165) is 23.1 Å². The van der Waals surface area contributed by atoms with Gasteiger partial charge in [-0.15, -0.1) is 0 Å². The van der Waals surface area contributed by atoms with Crippen LogP contribution < -0.4 is 4.90 Å². The van der Waals surface area contributed by atoms with Gasteiger partial charge in [0.15, 0.2) is 0 Å². The highest BCUT2D eigenvalue weighted by Gasteiger charge is 2.21. The predicted molar refractivity (Wildman–Crippen MR) is 76.7 cm³/mol. The lowest BCUT2D eigenvalue weighted by molar-refractivity contribution is -0.136. The topological polar surface area (TPSA) is 57.6 Å². The van der Waals surface area contributed by atoms with Crippen molar-refractivity contribution in [3.05, 3.63) is 65.7 Å². The van der Waals surface area contributed by atoms with Crippen molar-refractivity contribution in [2.45, 2.75) is 6.42 Å². The van der Waals surface area contributed by atoms with Gasteiger partial charge >= 0.3 is 5.97 Å². The number of anilines is 1. The second kappa shape index (κ2) is 6.80. The van der Waals surface area contributed by atoms with Gasteiger partial charge in [-0.25, -0.2) is 8.78 Å². The van der Waals surface area contributed by atoms with Crippen LogP contribution in [-0.4, -0.2) is 23.5 Å². The Balaban J connectivity index is 2.35. The van der Waals surface area contributed by atoms with Crippen molar-refractivity contribution < 1.29 is 23.5 Å². The molecule has 0 aliphatic heterocycles. The van der Waals surface area contributed by atoms with Crippen LogP contribution in [0, 0.1) is 11.6 Å². The Hall–Kier alpha value is -2.76. The largest absolute Gasteiger partial charge is 0.481 e. The molecular formula is C16H13F2NO3. The van der Waals surface area contributed by atoms with E-state index >= 15 is 0 Å². The van der Waals surface area contributed by atoms with Crippen LogP contribution in [0.2, 0.25) is 0 Å². The molecule has 0 bridgehead atoms. The Morgan fingerprint density at radius 2 is 1.64 bits per heavy atom. The van der Waals surface area contributed by atoms with Crippen LogP contribution >= 0.6 is 0 Å². The molecule has 0 unspecified atom stereocenters. The number of carboxylic acid groups (broad SMARTS) is 1. The summed E-state index contributed by atoms with van der Waals surface area (Å²) in [5, 5.41) is 8.79. The van der Waals surface area contributed by atoms with Gasteiger partial charge < -0.3 is 10.0 Å². The van der Waals surface area contributed by atoms with E-state index in [2.05, 4.69) is 0 Å². The number of carboxylic acids is 1. The zero-order valence-corrected chi connectivity index (χ0v) is 11.5. The molecule has 0 saturated heterocycles. The van der Waals surface area contributed by atoms with Gasteiger partial charge in [0, 0.05) is 12.2 Å². The minimum absolute atomic E-state index is 0.145. The number of hydrogen-bond acceptors (Lipinski definition) is 2. The molecular weight excluding hydrogens is 292 g/mol. The molecule has 0 atom stereocenters. The van der Waals surface area contributed by atoms with Crippen molar-refractivity contribution in [2.24, 2.45) is 0 Å². The van der Waals surface area contributed by atoms with E-state index in [0.29, 0.717) is 5.69 Å². The zero-order valence-electron chi connectivity index (χ0n) is 11.5. The van der Waals surface area contributed by atoms with E-state index in [4.69, 9.17) is 5.11 Å². The van der Waals surface area contributed by atoms with Crippen molar-refractivity contribution in [2.75, 3.05) is 11.4 Å². The second-order valence-corrected chi connectivity index (χ2v) is 4.56. The molecule has 114 valence electrons. The summed E-state index contributed by atoms with van der Waals surface area (Å²) in [4.78, 5) is 24.3. The molecule has 2 rings (SSSR count). The lowest BCUT2D eigenvalue weighted by Gasteiger charge is -2.22. The lowest BCUT2D eigenvalue weighted by atomic mass is 10.1. The zero-order chi connectivity index (χ0) is 16.1. The Kier molecular flexibility index (Phi) is 4.83. The van der Waals surface area contributed by atoms with Gasteiger partial charge in [-0.1, -0.05) is 12.1 Å². The Morgan fingerprint density at radius 1 is 1.00 bits per heavy atom. The first-order chi connectivity index (χ1) is 10.5. The third kappa shape index (κ3) is 3.66. The van der Waals surface area contributed by atoms with Gasteiger partial charge in [0.05, 0.1) is 12.0 Å². The number of amides is 1. The van der Waals surface area contributed by atoms with Gasteiger partial charge in [0.2, 0.25) is 0 Å². The summed E-state index contributed by atoms with van der Waals surface area (Å²) in [5.41, 5.74) is 0.133. The molecule has 1 N–H and O–H groups in total. The van der Waals surface area contributed by atoms with Gasteiger partial charge in [0.1, 0.15) is 11.6 Å². The number of carbonyl (C=O) groups is 2. The first-order valence-corrected chi connectivity index (χ1v) is 6.53. The van der Waals surface area contributed by atoms with E-state index in [1.807, 2.05) is 0 Å². The SMILES string of the molecule is O=C(O)CCN(C(=O)c1ccccc1F)c1ccc(F)cc1. The molecule has 0 aliphatic carbocycles. The van der Waals surface area contributed by atoms with Crippen LogP contribution in [-0.2, 0) is 4.79 Å². The highest BCUT2D eigenvalue weighted by atomic mass is 19.1. The number of halogens is 2.